The third-order valence-electron chi connectivity index (χ3n) is 4.08. The first-order valence-electron chi connectivity index (χ1n) is 6.96. The van der Waals surface area contributed by atoms with E-state index in [0.717, 1.165) is 18.3 Å². The van der Waals surface area contributed by atoms with E-state index in [-0.39, 0.29) is 0 Å². The monoisotopic (exact) mass is 273 g/mol. The molecule has 0 radical (unpaired) electrons. The van der Waals surface area contributed by atoms with Crippen LogP contribution in [0, 0.1) is 0 Å². The quantitative estimate of drug-likeness (QED) is 0.623. The van der Waals surface area contributed by atoms with Crippen molar-refractivity contribution in [2.45, 2.75) is 31.8 Å². The lowest BCUT2D eigenvalue weighted by atomic mass is 10.1. The summed E-state index contributed by atoms with van der Waals surface area (Å²) in [6.45, 7) is 5.81. The molecule has 1 atom stereocenters. The highest BCUT2D eigenvalue weighted by Crippen LogP contribution is 2.30. The number of benzene rings is 1. The topological polar surface area (TPSA) is 18.8 Å². The van der Waals surface area contributed by atoms with E-state index in [1.165, 1.54) is 31.6 Å². The molecule has 1 saturated carbocycles. The minimum Gasteiger partial charge on any atom is -0.366 e. The van der Waals surface area contributed by atoms with Gasteiger partial charge in [0.15, 0.2) is 0 Å². The summed E-state index contributed by atoms with van der Waals surface area (Å²) in [5.74, 6) is 0. The Balaban J connectivity index is 1.69. The first-order valence-corrected chi connectivity index (χ1v) is 7.37. The lowest BCUT2D eigenvalue weighted by Crippen LogP contribution is -2.52. The summed E-state index contributed by atoms with van der Waals surface area (Å²) in [7, 11) is 0. The summed E-state index contributed by atoms with van der Waals surface area (Å²) in [6, 6.07) is 9.74. The molecule has 19 heavy (non-hydrogen) atoms. The zero-order valence-corrected chi connectivity index (χ0v) is 12.1. The van der Waals surface area contributed by atoms with Crippen LogP contribution in [0.3, 0.4) is 0 Å². The van der Waals surface area contributed by atoms with Crippen LogP contribution >= 0.6 is 12.2 Å². The van der Waals surface area contributed by atoms with Gasteiger partial charge in [-0.15, -0.1) is 0 Å². The van der Waals surface area contributed by atoms with Gasteiger partial charge in [-0.2, -0.15) is 4.99 Å². The first-order chi connectivity index (χ1) is 9.28. The number of hydrogen-bond acceptors (Lipinski definition) is 4. The highest BCUT2D eigenvalue weighted by atomic mass is 32.1. The summed E-state index contributed by atoms with van der Waals surface area (Å²) < 4.78 is 0. The number of isothiocyanates is 1. The molecule has 2 fully saturated rings. The molecule has 0 aromatic heterocycles. The largest absolute Gasteiger partial charge is 0.366 e. The van der Waals surface area contributed by atoms with Crippen LogP contribution in [0.5, 0.6) is 0 Å². The van der Waals surface area contributed by atoms with E-state index in [9.17, 15) is 0 Å². The molecule has 1 unspecified atom stereocenters. The molecular formula is C15H19N3S. The van der Waals surface area contributed by atoms with Crippen molar-refractivity contribution in [2.75, 3.05) is 24.5 Å². The fourth-order valence-electron chi connectivity index (χ4n) is 2.91. The molecule has 3 rings (SSSR count). The van der Waals surface area contributed by atoms with Crippen LogP contribution in [0.15, 0.2) is 29.3 Å². The number of piperazine rings is 1. The van der Waals surface area contributed by atoms with Crippen LogP contribution in [0.4, 0.5) is 11.4 Å². The maximum atomic E-state index is 4.62. The molecule has 3 nitrogen and oxygen atoms in total. The van der Waals surface area contributed by atoms with Crippen molar-refractivity contribution in [1.29, 1.82) is 0 Å². The van der Waals surface area contributed by atoms with Gasteiger partial charge in [0.1, 0.15) is 0 Å². The highest BCUT2D eigenvalue weighted by molar-refractivity contribution is 7.78. The number of hydrogen-bond donors (Lipinski definition) is 0. The zero-order chi connectivity index (χ0) is 13.2. The molecule has 100 valence electrons. The van der Waals surface area contributed by atoms with Gasteiger partial charge in [-0.25, -0.2) is 0 Å². The van der Waals surface area contributed by atoms with Crippen LogP contribution in [0.1, 0.15) is 19.8 Å². The Bertz CT molecular complexity index is 489. The second-order valence-electron chi connectivity index (χ2n) is 5.49. The molecule has 0 amide bonds. The zero-order valence-electron chi connectivity index (χ0n) is 11.2. The fraction of sp³-hybridized carbons (Fsp3) is 0.533. The van der Waals surface area contributed by atoms with Crippen LogP contribution < -0.4 is 4.90 Å². The maximum Gasteiger partial charge on any atom is 0.0741 e. The molecule has 1 aromatic rings. The molecule has 0 bridgehead atoms. The van der Waals surface area contributed by atoms with Crippen molar-refractivity contribution < 1.29 is 0 Å². The summed E-state index contributed by atoms with van der Waals surface area (Å²) in [5, 5.41) is 2.41. The van der Waals surface area contributed by atoms with Gasteiger partial charge in [0.2, 0.25) is 0 Å². The van der Waals surface area contributed by atoms with E-state index in [0.29, 0.717) is 6.04 Å². The van der Waals surface area contributed by atoms with Gasteiger partial charge in [0, 0.05) is 37.4 Å². The number of anilines is 1. The van der Waals surface area contributed by atoms with Gasteiger partial charge in [-0.1, -0.05) is 0 Å². The highest BCUT2D eigenvalue weighted by Gasteiger charge is 2.33. The fourth-order valence-corrected chi connectivity index (χ4v) is 3.02. The van der Waals surface area contributed by atoms with Crippen molar-refractivity contribution in [3.05, 3.63) is 24.3 Å². The molecule has 4 heteroatoms. The van der Waals surface area contributed by atoms with Crippen molar-refractivity contribution in [3.63, 3.8) is 0 Å². The number of thiocarbonyl (C=S) groups is 1. The van der Waals surface area contributed by atoms with E-state index in [2.05, 4.69) is 51.2 Å². The van der Waals surface area contributed by atoms with Crippen LogP contribution in [-0.2, 0) is 0 Å². The molecule has 1 heterocycles. The summed E-state index contributed by atoms with van der Waals surface area (Å²) in [4.78, 5) is 9.13. The van der Waals surface area contributed by atoms with E-state index < -0.39 is 0 Å². The molecule has 2 aliphatic rings. The maximum absolute atomic E-state index is 4.62. The predicted molar refractivity (Wildman–Crippen MR) is 82.5 cm³/mol. The Labute approximate surface area is 119 Å². The van der Waals surface area contributed by atoms with Gasteiger partial charge in [0.25, 0.3) is 0 Å². The Kier molecular flexibility index (Phi) is 3.65. The Hall–Kier alpha value is -1.22. The van der Waals surface area contributed by atoms with E-state index in [1.54, 1.807) is 0 Å². The van der Waals surface area contributed by atoms with E-state index in [4.69, 9.17) is 0 Å². The SMILES string of the molecule is CC1CN(C2CC2)CCN1c1ccc(N=C=S)cc1. The first kappa shape index (κ1) is 12.8. The lowest BCUT2D eigenvalue weighted by molar-refractivity contribution is 0.219. The Morgan fingerprint density at radius 2 is 1.95 bits per heavy atom. The van der Waals surface area contributed by atoms with E-state index in [1.807, 2.05) is 12.1 Å². The third-order valence-corrected chi connectivity index (χ3v) is 4.17. The van der Waals surface area contributed by atoms with Crippen LogP contribution in [0.25, 0.3) is 0 Å². The van der Waals surface area contributed by atoms with Crippen molar-refractivity contribution >= 4 is 28.8 Å². The smallest absolute Gasteiger partial charge is 0.0741 e. The van der Waals surface area contributed by atoms with Crippen molar-refractivity contribution in [2.24, 2.45) is 4.99 Å². The van der Waals surface area contributed by atoms with Crippen molar-refractivity contribution in [3.8, 4) is 0 Å². The minimum absolute atomic E-state index is 0.578. The van der Waals surface area contributed by atoms with Crippen molar-refractivity contribution in [1.82, 2.24) is 4.90 Å². The normalized spacial score (nSPS) is 24.1. The average molecular weight is 273 g/mol. The third kappa shape index (κ3) is 2.86. The predicted octanol–water partition coefficient (Wildman–Crippen LogP) is 3.09. The second-order valence-corrected chi connectivity index (χ2v) is 5.67. The average Bonchev–Trinajstić information content (AvgIpc) is 3.25. The minimum atomic E-state index is 0.578. The molecule has 1 aromatic carbocycles. The molecule has 1 aliphatic carbocycles. The van der Waals surface area contributed by atoms with Crippen LogP contribution in [-0.4, -0.2) is 41.8 Å². The number of rotatable bonds is 3. The molecule has 0 N–H and O–H groups in total. The van der Waals surface area contributed by atoms with Gasteiger partial charge >= 0.3 is 0 Å². The second kappa shape index (κ2) is 5.41. The summed E-state index contributed by atoms with van der Waals surface area (Å²) >= 11 is 4.62. The van der Waals surface area contributed by atoms with E-state index >= 15 is 0 Å². The van der Waals surface area contributed by atoms with Gasteiger partial charge in [0.05, 0.1) is 10.8 Å². The number of aliphatic imine (C=N–C) groups is 1. The molecule has 1 aliphatic heterocycles. The lowest BCUT2D eigenvalue weighted by Gasteiger charge is -2.41. The van der Waals surface area contributed by atoms with Crippen LogP contribution in [0.2, 0.25) is 0 Å². The Morgan fingerprint density at radius 3 is 2.53 bits per heavy atom. The molecule has 1 saturated heterocycles. The van der Waals surface area contributed by atoms with Gasteiger partial charge in [-0.05, 0) is 56.2 Å². The Morgan fingerprint density at radius 1 is 1.21 bits per heavy atom. The number of nitrogens with zero attached hydrogens (tertiary/aromatic N) is 3. The standard InChI is InChI=1S/C15H19N3S/c1-12-10-17(14-6-7-14)8-9-18(12)15-4-2-13(3-5-15)16-11-19/h2-5,12,14H,6-10H2,1H3. The summed E-state index contributed by atoms with van der Waals surface area (Å²) in [5.41, 5.74) is 2.16. The molecule has 0 spiro atoms. The molecular weight excluding hydrogens is 254 g/mol. The van der Waals surface area contributed by atoms with Gasteiger partial charge < -0.3 is 4.90 Å². The summed E-state index contributed by atoms with van der Waals surface area (Å²) in [6.07, 6.45) is 2.80. The van der Waals surface area contributed by atoms with Gasteiger partial charge in [-0.3, -0.25) is 4.90 Å².